The molecule has 16 heavy (non-hydrogen) atoms. The molecule has 1 fully saturated rings. The average molecular weight is 216 g/mol. The lowest BCUT2D eigenvalue weighted by Gasteiger charge is -2.31. The molecule has 0 bridgehead atoms. The van der Waals surface area contributed by atoms with Crippen molar-refractivity contribution in [3.8, 4) is 0 Å². The van der Waals surface area contributed by atoms with Crippen LogP contribution in [-0.4, -0.2) is 28.0 Å². The van der Waals surface area contributed by atoms with E-state index in [0.717, 1.165) is 35.9 Å². The van der Waals surface area contributed by atoms with Gasteiger partial charge in [-0.25, -0.2) is 9.97 Å². The largest absolute Gasteiger partial charge is 0.356 e. The number of hydrogen-bond donors (Lipinski definition) is 1. The topological polar surface area (TPSA) is 44.8 Å². The first kappa shape index (κ1) is 9.63. The lowest BCUT2D eigenvalue weighted by atomic mass is 9.99. The van der Waals surface area contributed by atoms with E-state index in [1.165, 1.54) is 12.8 Å². The normalized spacial score (nSPS) is 18.2. The van der Waals surface area contributed by atoms with Gasteiger partial charge in [0.25, 0.3) is 0 Å². The number of aromatic amines is 1. The molecule has 1 aliphatic heterocycles. The summed E-state index contributed by atoms with van der Waals surface area (Å²) in [6.45, 7) is 4.54. The summed E-state index contributed by atoms with van der Waals surface area (Å²) < 4.78 is 0. The molecule has 0 amide bonds. The Hall–Kier alpha value is -1.58. The average Bonchev–Trinajstić information content (AvgIpc) is 2.78. The molecule has 1 saturated heterocycles. The summed E-state index contributed by atoms with van der Waals surface area (Å²) in [6, 6.07) is 2.06. The summed E-state index contributed by atoms with van der Waals surface area (Å²) in [6.07, 6.45) is 6.09. The van der Waals surface area contributed by atoms with Crippen LogP contribution in [0.2, 0.25) is 0 Å². The van der Waals surface area contributed by atoms with Crippen LogP contribution in [0.4, 0.5) is 5.82 Å². The maximum absolute atomic E-state index is 4.42. The lowest BCUT2D eigenvalue weighted by molar-refractivity contribution is 0.437. The fourth-order valence-electron chi connectivity index (χ4n) is 2.33. The number of rotatable bonds is 1. The molecule has 0 unspecified atom stereocenters. The zero-order chi connectivity index (χ0) is 11.0. The summed E-state index contributed by atoms with van der Waals surface area (Å²) in [4.78, 5) is 14.1. The van der Waals surface area contributed by atoms with Crippen molar-refractivity contribution < 1.29 is 0 Å². The molecular weight excluding hydrogens is 200 g/mol. The Kier molecular flexibility index (Phi) is 2.27. The van der Waals surface area contributed by atoms with Crippen LogP contribution in [0.3, 0.4) is 0 Å². The Balaban J connectivity index is 1.96. The third-order valence-electron chi connectivity index (χ3n) is 3.42. The van der Waals surface area contributed by atoms with E-state index >= 15 is 0 Å². The zero-order valence-electron chi connectivity index (χ0n) is 9.48. The Morgan fingerprint density at radius 2 is 2.12 bits per heavy atom. The maximum atomic E-state index is 4.42. The van der Waals surface area contributed by atoms with Gasteiger partial charge in [0.15, 0.2) is 0 Å². The monoisotopic (exact) mass is 216 g/mol. The summed E-state index contributed by atoms with van der Waals surface area (Å²) in [7, 11) is 0. The third kappa shape index (κ3) is 1.54. The Bertz CT molecular complexity index is 482. The zero-order valence-corrected chi connectivity index (χ0v) is 9.48. The molecule has 2 aromatic rings. The van der Waals surface area contributed by atoms with Crippen LogP contribution in [0.15, 0.2) is 18.6 Å². The Labute approximate surface area is 94.7 Å². The summed E-state index contributed by atoms with van der Waals surface area (Å²) in [5.41, 5.74) is 0.934. The van der Waals surface area contributed by atoms with Crippen LogP contribution in [0.1, 0.15) is 19.8 Å². The number of fused-ring (bicyclic) bond motifs is 1. The van der Waals surface area contributed by atoms with Crippen molar-refractivity contribution in [1.29, 1.82) is 0 Å². The Morgan fingerprint density at radius 3 is 2.94 bits per heavy atom. The van der Waals surface area contributed by atoms with Gasteiger partial charge in [0.2, 0.25) is 0 Å². The van der Waals surface area contributed by atoms with Gasteiger partial charge >= 0.3 is 0 Å². The molecule has 0 radical (unpaired) electrons. The van der Waals surface area contributed by atoms with E-state index in [-0.39, 0.29) is 0 Å². The summed E-state index contributed by atoms with van der Waals surface area (Å²) in [5, 5.41) is 1.14. The first-order valence-corrected chi connectivity index (χ1v) is 5.87. The fraction of sp³-hybridized carbons (Fsp3) is 0.500. The first-order valence-electron chi connectivity index (χ1n) is 5.87. The van der Waals surface area contributed by atoms with Gasteiger partial charge in [-0.15, -0.1) is 0 Å². The van der Waals surface area contributed by atoms with Gasteiger partial charge in [-0.1, -0.05) is 6.92 Å². The molecule has 0 saturated carbocycles. The quantitative estimate of drug-likeness (QED) is 0.794. The van der Waals surface area contributed by atoms with Gasteiger partial charge in [-0.2, -0.15) is 0 Å². The number of H-pyrrole nitrogens is 1. The van der Waals surface area contributed by atoms with Crippen LogP contribution < -0.4 is 4.90 Å². The highest BCUT2D eigenvalue weighted by atomic mass is 15.2. The van der Waals surface area contributed by atoms with E-state index in [0.29, 0.717) is 0 Å². The second kappa shape index (κ2) is 3.77. The molecule has 3 heterocycles. The minimum absolute atomic E-state index is 0.847. The fourth-order valence-corrected chi connectivity index (χ4v) is 2.33. The molecule has 0 spiro atoms. The summed E-state index contributed by atoms with van der Waals surface area (Å²) in [5.74, 6) is 1.93. The van der Waals surface area contributed by atoms with E-state index in [2.05, 4.69) is 32.8 Å². The minimum Gasteiger partial charge on any atom is -0.356 e. The second-order valence-corrected chi connectivity index (χ2v) is 4.61. The number of nitrogens with zero attached hydrogens (tertiary/aromatic N) is 3. The van der Waals surface area contributed by atoms with Crippen LogP contribution in [0.25, 0.3) is 11.0 Å². The third-order valence-corrected chi connectivity index (χ3v) is 3.42. The van der Waals surface area contributed by atoms with Gasteiger partial charge < -0.3 is 9.88 Å². The van der Waals surface area contributed by atoms with E-state index in [1.807, 2.05) is 6.20 Å². The highest BCUT2D eigenvalue weighted by molar-refractivity contribution is 5.87. The van der Waals surface area contributed by atoms with Crippen LogP contribution in [0.5, 0.6) is 0 Å². The molecular formula is C12H16N4. The SMILES string of the molecule is CC1CCN(c2ncnc3[nH]ccc23)CC1. The van der Waals surface area contributed by atoms with Crippen LogP contribution in [-0.2, 0) is 0 Å². The number of piperidine rings is 1. The van der Waals surface area contributed by atoms with Gasteiger partial charge in [0.1, 0.15) is 17.8 Å². The van der Waals surface area contributed by atoms with E-state index < -0.39 is 0 Å². The van der Waals surface area contributed by atoms with Crippen molar-refractivity contribution in [2.24, 2.45) is 5.92 Å². The molecule has 4 nitrogen and oxygen atoms in total. The number of anilines is 1. The van der Waals surface area contributed by atoms with Crippen molar-refractivity contribution in [3.63, 3.8) is 0 Å². The van der Waals surface area contributed by atoms with Crippen LogP contribution >= 0.6 is 0 Å². The lowest BCUT2D eigenvalue weighted by Crippen LogP contribution is -2.33. The highest BCUT2D eigenvalue weighted by Crippen LogP contribution is 2.26. The molecule has 1 N–H and O–H groups in total. The standard InChI is InChI=1S/C12H16N4/c1-9-3-6-16(7-4-9)12-10-2-5-13-11(10)14-8-15-12/h2,5,8-9H,3-4,6-7H2,1H3,(H,13,14,15). The molecule has 2 aromatic heterocycles. The van der Waals surface area contributed by atoms with Crippen molar-refractivity contribution in [3.05, 3.63) is 18.6 Å². The molecule has 3 rings (SSSR count). The molecule has 0 aromatic carbocycles. The molecule has 4 heteroatoms. The predicted octanol–water partition coefficient (Wildman–Crippen LogP) is 2.19. The van der Waals surface area contributed by atoms with Gasteiger partial charge in [0.05, 0.1) is 5.39 Å². The van der Waals surface area contributed by atoms with Crippen molar-refractivity contribution in [1.82, 2.24) is 15.0 Å². The maximum Gasteiger partial charge on any atom is 0.142 e. The van der Waals surface area contributed by atoms with Gasteiger partial charge in [-0.05, 0) is 24.8 Å². The molecule has 0 aliphatic carbocycles. The number of nitrogens with one attached hydrogen (secondary N) is 1. The first-order chi connectivity index (χ1) is 7.84. The van der Waals surface area contributed by atoms with Gasteiger partial charge in [-0.3, -0.25) is 0 Å². The van der Waals surface area contributed by atoms with Crippen molar-refractivity contribution in [2.45, 2.75) is 19.8 Å². The predicted molar refractivity (Wildman–Crippen MR) is 64.5 cm³/mol. The highest BCUT2D eigenvalue weighted by Gasteiger charge is 2.18. The number of hydrogen-bond acceptors (Lipinski definition) is 3. The second-order valence-electron chi connectivity index (χ2n) is 4.61. The van der Waals surface area contributed by atoms with E-state index in [9.17, 15) is 0 Å². The van der Waals surface area contributed by atoms with Crippen molar-refractivity contribution >= 4 is 16.9 Å². The van der Waals surface area contributed by atoms with Gasteiger partial charge in [0, 0.05) is 19.3 Å². The molecule has 84 valence electrons. The Morgan fingerprint density at radius 1 is 1.31 bits per heavy atom. The molecule has 0 atom stereocenters. The van der Waals surface area contributed by atoms with Crippen molar-refractivity contribution in [2.75, 3.05) is 18.0 Å². The summed E-state index contributed by atoms with van der Waals surface area (Å²) >= 11 is 0. The molecule has 1 aliphatic rings. The van der Waals surface area contributed by atoms with E-state index in [1.54, 1.807) is 6.33 Å². The smallest absolute Gasteiger partial charge is 0.142 e. The number of aromatic nitrogens is 3. The van der Waals surface area contributed by atoms with Crippen LogP contribution in [0, 0.1) is 5.92 Å². The van der Waals surface area contributed by atoms with E-state index in [4.69, 9.17) is 0 Å². The minimum atomic E-state index is 0.847.